The van der Waals surface area contributed by atoms with Crippen molar-refractivity contribution in [3.05, 3.63) is 94.5 Å². The molecule has 3 aromatic carbocycles. The van der Waals surface area contributed by atoms with E-state index in [1.807, 2.05) is 48.5 Å². The molecule has 1 aliphatic carbocycles. The molecule has 2 unspecified atom stereocenters. The van der Waals surface area contributed by atoms with Crippen molar-refractivity contribution < 1.29 is 42.8 Å². The summed E-state index contributed by atoms with van der Waals surface area (Å²) >= 11 is 0. The van der Waals surface area contributed by atoms with Crippen LogP contribution in [0, 0.1) is 0 Å². The molecule has 37 heavy (non-hydrogen) atoms. The second kappa shape index (κ2) is 10.6. The Morgan fingerprint density at radius 3 is 2.11 bits per heavy atom. The zero-order valence-electron chi connectivity index (χ0n) is 19.4. The summed E-state index contributed by atoms with van der Waals surface area (Å²) in [5.41, 5.74) is 1.89. The van der Waals surface area contributed by atoms with Gasteiger partial charge in [-0.05, 0) is 52.4 Å². The monoisotopic (exact) mass is 515 g/mol. The number of alkyl halides is 3. The first kappa shape index (κ1) is 26.2. The van der Waals surface area contributed by atoms with Gasteiger partial charge in [-0.25, -0.2) is 9.59 Å². The van der Waals surface area contributed by atoms with E-state index in [1.165, 1.54) is 0 Å². The average molecular weight is 515 g/mol. The summed E-state index contributed by atoms with van der Waals surface area (Å²) in [6.45, 7) is -0.0626. The van der Waals surface area contributed by atoms with Crippen LogP contribution in [-0.4, -0.2) is 46.6 Å². The zero-order valence-corrected chi connectivity index (χ0v) is 19.4. The first-order chi connectivity index (χ1) is 17.6. The van der Waals surface area contributed by atoms with Gasteiger partial charge in [-0.3, -0.25) is 0 Å². The van der Waals surface area contributed by atoms with E-state index in [2.05, 4.69) is 5.32 Å². The summed E-state index contributed by atoms with van der Waals surface area (Å²) < 4.78 is 44.7. The Kier molecular flexibility index (Phi) is 7.51. The number of carbonyl (C=O) groups excluding carboxylic acids is 1. The van der Waals surface area contributed by atoms with E-state index < -0.39 is 47.1 Å². The molecule has 0 radical (unpaired) electrons. The van der Waals surface area contributed by atoms with Gasteiger partial charge >= 0.3 is 18.2 Å². The Hall–Kier alpha value is -3.89. The van der Waals surface area contributed by atoms with Gasteiger partial charge in [0, 0.05) is 12.5 Å². The highest BCUT2D eigenvalue weighted by molar-refractivity contribution is 5.88. The number of carboxylic acids is 1. The molecule has 0 aliphatic heterocycles. The van der Waals surface area contributed by atoms with Gasteiger partial charge in [0.1, 0.15) is 12.7 Å². The minimum Gasteiger partial charge on any atom is -0.478 e. The largest absolute Gasteiger partial charge is 0.478 e. The van der Waals surface area contributed by atoms with Crippen LogP contribution in [0.4, 0.5) is 18.0 Å². The molecule has 0 heterocycles. The van der Waals surface area contributed by atoms with Crippen molar-refractivity contribution in [1.82, 2.24) is 5.32 Å². The molecule has 0 aromatic heterocycles. The maximum absolute atomic E-state index is 13.1. The molecule has 1 amide bonds. The number of ether oxygens (including phenoxy) is 1. The number of carboxylic acid groups (broad SMARTS) is 1. The Balaban J connectivity index is 1.32. The summed E-state index contributed by atoms with van der Waals surface area (Å²) in [5.74, 6) is -1.75. The highest BCUT2D eigenvalue weighted by Gasteiger charge is 2.33. The number of carbonyl (C=O) groups is 2. The van der Waals surface area contributed by atoms with Crippen molar-refractivity contribution in [2.24, 2.45) is 0 Å². The number of alkyl carbamates (subject to hydrolysis) is 1. The third-order valence-electron chi connectivity index (χ3n) is 6.29. The van der Waals surface area contributed by atoms with Crippen LogP contribution in [0.5, 0.6) is 0 Å². The Morgan fingerprint density at radius 1 is 0.946 bits per heavy atom. The molecular weight excluding hydrogens is 491 g/mol. The fourth-order valence-corrected chi connectivity index (χ4v) is 4.46. The topological polar surface area (TPSA) is 116 Å². The van der Waals surface area contributed by atoms with Gasteiger partial charge in [-0.15, -0.1) is 0 Å². The van der Waals surface area contributed by atoms with E-state index in [0.717, 1.165) is 28.3 Å². The van der Waals surface area contributed by atoms with E-state index in [4.69, 9.17) is 9.84 Å². The lowest BCUT2D eigenvalue weighted by Gasteiger charge is -2.20. The molecule has 7 nitrogen and oxygen atoms in total. The van der Waals surface area contributed by atoms with Crippen molar-refractivity contribution >= 4 is 12.1 Å². The zero-order chi connectivity index (χ0) is 26.7. The SMILES string of the molecule is O=C(NCCC(O)C(O)c1cc(C(=O)O)cc(C(F)(F)F)c1)OCC1c2ccccc2-c2ccccc21. The fourth-order valence-electron chi connectivity index (χ4n) is 4.46. The van der Waals surface area contributed by atoms with Crippen LogP contribution in [0.25, 0.3) is 11.1 Å². The minimum absolute atomic E-state index is 0.0766. The number of halogens is 3. The van der Waals surface area contributed by atoms with Gasteiger partial charge in [-0.2, -0.15) is 13.2 Å². The minimum atomic E-state index is -4.84. The number of fused-ring (bicyclic) bond motifs is 3. The van der Waals surface area contributed by atoms with Crippen molar-refractivity contribution in [2.75, 3.05) is 13.2 Å². The van der Waals surface area contributed by atoms with Crippen molar-refractivity contribution in [3.63, 3.8) is 0 Å². The van der Waals surface area contributed by atoms with Gasteiger partial charge in [0.15, 0.2) is 0 Å². The number of amides is 1. The molecule has 4 rings (SSSR count). The lowest BCUT2D eigenvalue weighted by Crippen LogP contribution is -2.30. The maximum Gasteiger partial charge on any atom is 0.416 e. The third-order valence-corrected chi connectivity index (χ3v) is 6.29. The van der Waals surface area contributed by atoms with E-state index in [9.17, 15) is 33.0 Å². The molecule has 4 N–H and O–H groups in total. The van der Waals surface area contributed by atoms with Crippen LogP contribution in [0.3, 0.4) is 0 Å². The van der Waals surface area contributed by atoms with Crippen LogP contribution in [-0.2, 0) is 10.9 Å². The summed E-state index contributed by atoms with van der Waals surface area (Å²) in [5, 5.41) is 32.1. The molecule has 1 aliphatic rings. The number of aliphatic hydroxyl groups is 2. The van der Waals surface area contributed by atoms with Gasteiger partial charge in [0.2, 0.25) is 0 Å². The summed E-state index contributed by atoms with van der Waals surface area (Å²) in [7, 11) is 0. The van der Waals surface area contributed by atoms with Gasteiger partial charge in [0.25, 0.3) is 0 Å². The summed E-state index contributed by atoms with van der Waals surface area (Å²) in [6, 6.07) is 17.6. The fraction of sp³-hybridized carbons (Fsp3) is 0.259. The van der Waals surface area contributed by atoms with Crippen molar-refractivity contribution in [3.8, 4) is 11.1 Å². The standard InChI is InChI=1S/C27H24F3NO6/c28-27(29,30)17-12-15(11-16(13-17)25(34)35)24(33)23(32)9-10-31-26(36)37-14-22-20-7-3-1-5-18(20)19-6-2-4-8-21(19)22/h1-8,11-13,22-24,32-33H,9-10,14H2,(H,31,36)(H,34,35). The second-order valence-electron chi connectivity index (χ2n) is 8.70. The molecule has 0 fully saturated rings. The molecule has 3 aromatic rings. The molecule has 10 heteroatoms. The first-order valence-corrected chi connectivity index (χ1v) is 11.5. The van der Waals surface area contributed by atoms with E-state index in [0.29, 0.717) is 12.1 Å². The molecule has 0 saturated heterocycles. The van der Waals surface area contributed by atoms with Crippen LogP contribution in [0.2, 0.25) is 0 Å². The Bertz CT molecular complexity index is 1260. The number of aliphatic hydroxyl groups excluding tert-OH is 2. The normalized spacial score (nSPS) is 14.4. The molecule has 0 spiro atoms. The smallest absolute Gasteiger partial charge is 0.416 e. The predicted molar refractivity (Wildman–Crippen MR) is 127 cm³/mol. The van der Waals surface area contributed by atoms with E-state index in [1.54, 1.807) is 0 Å². The Morgan fingerprint density at radius 2 is 1.54 bits per heavy atom. The third kappa shape index (κ3) is 5.76. The number of hydrogen-bond donors (Lipinski definition) is 4. The van der Waals surface area contributed by atoms with E-state index >= 15 is 0 Å². The number of aromatic carboxylic acids is 1. The summed E-state index contributed by atoms with van der Waals surface area (Å²) in [4.78, 5) is 23.4. The Labute approximate surface area is 210 Å². The molecule has 194 valence electrons. The van der Waals surface area contributed by atoms with E-state index in [-0.39, 0.29) is 25.5 Å². The van der Waals surface area contributed by atoms with Crippen molar-refractivity contribution in [1.29, 1.82) is 0 Å². The highest BCUT2D eigenvalue weighted by atomic mass is 19.4. The molecular formula is C27H24F3NO6. The van der Waals surface area contributed by atoms with Gasteiger partial charge in [-0.1, -0.05) is 48.5 Å². The number of benzene rings is 3. The van der Waals surface area contributed by atoms with Crippen LogP contribution in [0.15, 0.2) is 66.7 Å². The summed E-state index contributed by atoms with van der Waals surface area (Å²) in [6.07, 6.45) is -9.18. The lowest BCUT2D eigenvalue weighted by atomic mass is 9.97. The highest BCUT2D eigenvalue weighted by Crippen LogP contribution is 2.44. The lowest BCUT2D eigenvalue weighted by molar-refractivity contribution is -0.137. The molecule has 0 saturated carbocycles. The molecule has 0 bridgehead atoms. The average Bonchev–Trinajstić information content (AvgIpc) is 3.19. The van der Waals surface area contributed by atoms with Gasteiger partial charge < -0.3 is 25.4 Å². The van der Waals surface area contributed by atoms with Crippen LogP contribution in [0.1, 0.15) is 51.1 Å². The second-order valence-corrected chi connectivity index (χ2v) is 8.70. The van der Waals surface area contributed by atoms with Crippen LogP contribution >= 0.6 is 0 Å². The van der Waals surface area contributed by atoms with Crippen molar-refractivity contribution in [2.45, 2.75) is 30.7 Å². The van der Waals surface area contributed by atoms with Crippen LogP contribution < -0.4 is 5.32 Å². The number of hydrogen-bond acceptors (Lipinski definition) is 5. The quantitative estimate of drug-likeness (QED) is 0.345. The van der Waals surface area contributed by atoms with Gasteiger partial charge in [0.05, 0.1) is 17.2 Å². The molecule has 2 atom stereocenters. The predicted octanol–water partition coefficient (Wildman–Crippen LogP) is 4.73. The number of rotatable bonds is 8. The number of nitrogens with one attached hydrogen (secondary N) is 1. The maximum atomic E-state index is 13.1. The first-order valence-electron chi connectivity index (χ1n) is 11.5.